The SMILES string of the molecule is CCC(CC)(CO)CNC(=O)c1ncoc1-c1ccccc1Cl. The predicted octanol–water partition coefficient (Wildman–Crippen LogP) is 3.52. The minimum atomic E-state index is -0.339. The maximum atomic E-state index is 12.4. The van der Waals surface area contributed by atoms with Crippen LogP contribution in [0.1, 0.15) is 37.2 Å². The highest BCUT2D eigenvalue weighted by Gasteiger charge is 2.27. The average molecular weight is 337 g/mol. The fraction of sp³-hybridized carbons (Fsp3) is 0.412. The average Bonchev–Trinajstić information content (AvgIpc) is 3.06. The van der Waals surface area contributed by atoms with Crippen LogP contribution in [0.25, 0.3) is 11.3 Å². The molecule has 0 unspecified atom stereocenters. The van der Waals surface area contributed by atoms with Crippen LogP contribution in [-0.2, 0) is 0 Å². The summed E-state index contributed by atoms with van der Waals surface area (Å²) in [4.78, 5) is 16.5. The zero-order valence-corrected chi connectivity index (χ0v) is 14.1. The van der Waals surface area contributed by atoms with Gasteiger partial charge in [-0.25, -0.2) is 4.98 Å². The summed E-state index contributed by atoms with van der Waals surface area (Å²) in [6.45, 7) is 4.40. The molecule has 0 aliphatic heterocycles. The third-order valence-electron chi connectivity index (χ3n) is 4.36. The summed E-state index contributed by atoms with van der Waals surface area (Å²) < 4.78 is 5.36. The van der Waals surface area contributed by atoms with Crippen LogP contribution in [0.2, 0.25) is 5.02 Å². The molecule has 1 amide bonds. The van der Waals surface area contributed by atoms with Gasteiger partial charge in [-0.15, -0.1) is 0 Å². The number of hydrogen-bond acceptors (Lipinski definition) is 4. The normalized spacial score (nSPS) is 11.5. The van der Waals surface area contributed by atoms with E-state index in [0.29, 0.717) is 22.9 Å². The van der Waals surface area contributed by atoms with Crippen LogP contribution in [0.15, 0.2) is 35.1 Å². The molecule has 6 heteroatoms. The molecule has 1 heterocycles. The lowest BCUT2D eigenvalue weighted by atomic mass is 9.83. The molecule has 0 saturated carbocycles. The quantitative estimate of drug-likeness (QED) is 0.811. The molecule has 1 aromatic heterocycles. The van der Waals surface area contributed by atoms with E-state index < -0.39 is 0 Å². The molecule has 0 spiro atoms. The molecule has 124 valence electrons. The van der Waals surface area contributed by atoms with Gasteiger partial charge in [0.15, 0.2) is 17.8 Å². The minimum absolute atomic E-state index is 0.0243. The molecule has 0 atom stereocenters. The summed E-state index contributed by atoms with van der Waals surface area (Å²) in [5.41, 5.74) is 0.498. The first-order valence-corrected chi connectivity index (χ1v) is 8.02. The molecule has 0 saturated heterocycles. The molecule has 23 heavy (non-hydrogen) atoms. The van der Waals surface area contributed by atoms with E-state index in [0.717, 1.165) is 12.8 Å². The van der Waals surface area contributed by atoms with Crippen molar-refractivity contribution in [2.75, 3.05) is 13.2 Å². The smallest absolute Gasteiger partial charge is 0.273 e. The molecule has 0 aliphatic rings. The number of oxazole rings is 1. The summed E-state index contributed by atoms with van der Waals surface area (Å²) in [6.07, 6.45) is 2.78. The Hall–Kier alpha value is -1.85. The van der Waals surface area contributed by atoms with Gasteiger partial charge in [0.05, 0.1) is 11.6 Å². The van der Waals surface area contributed by atoms with Gasteiger partial charge < -0.3 is 14.8 Å². The third kappa shape index (κ3) is 3.74. The topological polar surface area (TPSA) is 75.4 Å². The van der Waals surface area contributed by atoms with E-state index in [9.17, 15) is 9.90 Å². The number of hydrogen-bond donors (Lipinski definition) is 2. The minimum Gasteiger partial charge on any atom is -0.443 e. The Morgan fingerprint density at radius 3 is 2.65 bits per heavy atom. The summed E-state index contributed by atoms with van der Waals surface area (Å²) in [5, 5.41) is 12.9. The van der Waals surface area contributed by atoms with E-state index >= 15 is 0 Å². The van der Waals surface area contributed by atoms with E-state index in [1.54, 1.807) is 18.2 Å². The predicted molar refractivity (Wildman–Crippen MR) is 89.4 cm³/mol. The number of nitrogens with one attached hydrogen (secondary N) is 1. The van der Waals surface area contributed by atoms with Crippen molar-refractivity contribution in [1.29, 1.82) is 0 Å². The number of carbonyl (C=O) groups excluding carboxylic acids is 1. The third-order valence-corrected chi connectivity index (χ3v) is 4.69. The Balaban J connectivity index is 2.19. The highest BCUT2D eigenvalue weighted by molar-refractivity contribution is 6.33. The molecule has 0 aliphatic carbocycles. The van der Waals surface area contributed by atoms with Gasteiger partial charge in [-0.2, -0.15) is 0 Å². The second-order valence-electron chi connectivity index (χ2n) is 5.56. The molecule has 5 nitrogen and oxygen atoms in total. The Kier molecular flexibility index (Phi) is 5.80. The molecular formula is C17H21ClN2O3. The zero-order chi connectivity index (χ0) is 16.9. The lowest BCUT2D eigenvalue weighted by Crippen LogP contribution is -2.39. The fourth-order valence-electron chi connectivity index (χ4n) is 2.38. The molecular weight excluding hydrogens is 316 g/mol. The fourth-order valence-corrected chi connectivity index (χ4v) is 2.60. The molecule has 1 aromatic carbocycles. The first-order chi connectivity index (χ1) is 11.1. The number of carbonyl (C=O) groups is 1. The molecule has 0 bridgehead atoms. The van der Waals surface area contributed by atoms with E-state index in [2.05, 4.69) is 10.3 Å². The van der Waals surface area contributed by atoms with Crippen molar-refractivity contribution < 1.29 is 14.3 Å². The monoisotopic (exact) mass is 336 g/mol. The van der Waals surface area contributed by atoms with Gasteiger partial charge in [-0.3, -0.25) is 4.79 Å². The summed E-state index contributed by atoms with van der Waals surface area (Å²) in [6, 6.07) is 7.12. The van der Waals surface area contributed by atoms with Crippen LogP contribution >= 0.6 is 11.6 Å². The Morgan fingerprint density at radius 2 is 2.04 bits per heavy atom. The number of nitrogens with zero attached hydrogens (tertiary/aromatic N) is 1. The van der Waals surface area contributed by atoms with Gasteiger partial charge >= 0.3 is 0 Å². The lowest BCUT2D eigenvalue weighted by molar-refractivity contribution is 0.0847. The highest BCUT2D eigenvalue weighted by atomic mass is 35.5. The molecule has 2 rings (SSSR count). The van der Waals surface area contributed by atoms with Crippen molar-refractivity contribution in [2.24, 2.45) is 5.41 Å². The Bertz CT molecular complexity index is 657. The van der Waals surface area contributed by atoms with Crippen LogP contribution in [-0.4, -0.2) is 29.1 Å². The van der Waals surface area contributed by atoms with E-state index in [-0.39, 0.29) is 23.6 Å². The number of halogens is 1. The van der Waals surface area contributed by atoms with Crippen molar-refractivity contribution in [3.8, 4) is 11.3 Å². The molecule has 0 radical (unpaired) electrons. The number of aliphatic hydroxyl groups is 1. The van der Waals surface area contributed by atoms with Crippen LogP contribution < -0.4 is 5.32 Å². The first-order valence-electron chi connectivity index (χ1n) is 7.64. The van der Waals surface area contributed by atoms with Crippen LogP contribution in [0.4, 0.5) is 0 Å². The first kappa shape index (κ1) is 17.5. The number of aromatic nitrogens is 1. The van der Waals surface area contributed by atoms with Gasteiger partial charge in [0.2, 0.25) is 0 Å². The van der Waals surface area contributed by atoms with Crippen molar-refractivity contribution in [2.45, 2.75) is 26.7 Å². The lowest BCUT2D eigenvalue weighted by Gasteiger charge is -2.29. The van der Waals surface area contributed by atoms with Crippen LogP contribution in [0, 0.1) is 5.41 Å². The largest absolute Gasteiger partial charge is 0.443 e. The second-order valence-corrected chi connectivity index (χ2v) is 5.97. The maximum absolute atomic E-state index is 12.4. The van der Waals surface area contributed by atoms with Crippen molar-refractivity contribution in [3.05, 3.63) is 41.4 Å². The summed E-state index contributed by atoms with van der Waals surface area (Å²) in [5.74, 6) is 0.00379. The summed E-state index contributed by atoms with van der Waals surface area (Å²) in [7, 11) is 0. The zero-order valence-electron chi connectivity index (χ0n) is 13.3. The van der Waals surface area contributed by atoms with Gasteiger partial charge in [-0.1, -0.05) is 37.6 Å². The van der Waals surface area contributed by atoms with E-state index in [1.807, 2.05) is 19.9 Å². The Morgan fingerprint density at radius 1 is 1.35 bits per heavy atom. The van der Waals surface area contributed by atoms with Crippen LogP contribution in [0.3, 0.4) is 0 Å². The van der Waals surface area contributed by atoms with Crippen molar-refractivity contribution in [3.63, 3.8) is 0 Å². The van der Waals surface area contributed by atoms with Crippen molar-refractivity contribution >= 4 is 17.5 Å². The Labute approximate surface area is 140 Å². The second kappa shape index (κ2) is 7.62. The van der Waals surface area contributed by atoms with Gasteiger partial charge in [0, 0.05) is 17.5 Å². The number of benzene rings is 1. The van der Waals surface area contributed by atoms with Gasteiger partial charge in [0.25, 0.3) is 5.91 Å². The molecule has 0 fully saturated rings. The van der Waals surface area contributed by atoms with Gasteiger partial charge in [-0.05, 0) is 25.0 Å². The maximum Gasteiger partial charge on any atom is 0.273 e. The number of amides is 1. The molecule has 2 N–H and O–H groups in total. The van der Waals surface area contributed by atoms with Crippen LogP contribution in [0.5, 0.6) is 0 Å². The van der Waals surface area contributed by atoms with Crippen molar-refractivity contribution in [1.82, 2.24) is 10.3 Å². The number of aliphatic hydroxyl groups excluding tert-OH is 1. The number of rotatable bonds is 7. The van der Waals surface area contributed by atoms with E-state index in [1.165, 1.54) is 6.39 Å². The van der Waals surface area contributed by atoms with Gasteiger partial charge in [0.1, 0.15) is 0 Å². The summed E-state index contributed by atoms with van der Waals surface area (Å²) >= 11 is 6.16. The highest BCUT2D eigenvalue weighted by Crippen LogP contribution is 2.30. The molecule has 2 aromatic rings. The standard InChI is InChI=1S/C17H21ClN2O3/c1-3-17(4-2,10-21)9-19-16(22)14-15(23-11-20-14)12-7-5-6-8-13(12)18/h5-8,11,21H,3-4,9-10H2,1-2H3,(H,19,22). The van der Waals surface area contributed by atoms with E-state index in [4.69, 9.17) is 16.0 Å².